The van der Waals surface area contributed by atoms with Crippen LogP contribution in [0.1, 0.15) is 41.1 Å². The van der Waals surface area contributed by atoms with Gasteiger partial charge in [0.05, 0.1) is 36.5 Å². The zero-order valence-corrected chi connectivity index (χ0v) is 18.4. The lowest BCUT2D eigenvalue weighted by Gasteiger charge is -2.42. The molecule has 190 valence electrons. The molecule has 1 aliphatic heterocycles. The lowest BCUT2D eigenvalue weighted by Crippen LogP contribution is -2.50. The Balaban J connectivity index is 1.89. The molecule has 1 aliphatic rings. The molecule has 0 spiro atoms. The molecule has 0 radical (unpaired) electrons. The predicted molar refractivity (Wildman–Crippen MR) is 115 cm³/mol. The molecule has 1 heterocycles. The molecule has 2 atom stereocenters. The number of rotatable bonds is 7. The number of hydrogen-bond acceptors (Lipinski definition) is 4. The molecular formula is C23H24F6N4O2. The van der Waals surface area contributed by atoms with Gasteiger partial charge in [-0.05, 0) is 42.2 Å². The number of alkyl halides is 6. The molecule has 12 heteroatoms. The summed E-state index contributed by atoms with van der Waals surface area (Å²) in [6.07, 6.45) is -9.01. The van der Waals surface area contributed by atoms with Gasteiger partial charge in [0.15, 0.2) is 5.96 Å². The van der Waals surface area contributed by atoms with E-state index in [4.69, 9.17) is 15.9 Å². The van der Waals surface area contributed by atoms with Crippen LogP contribution in [-0.4, -0.2) is 41.5 Å². The van der Waals surface area contributed by atoms with Gasteiger partial charge in [-0.15, -0.1) is 0 Å². The zero-order valence-electron chi connectivity index (χ0n) is 18.4. The smallest absolute Gasteiger partial charge is 0.372 e. The molecular weight excluding hydrogens is 478 g/mol. The van der Waals surface area contributed by atoms with Crippen LogP contribution in [0.3, 0.4) is 0 Å². The summed E-state index contributed by atoms with van der Waals surface area (Å²) in [6.45, 7) is 0.0117. The van der Waals surface area contributed by atoms with E-state index >= 15 is 0 Å². The molecule has 0 saturated carbocycles. The van der Waals surface area contributed by atoms with E-state index in [0.717, 1.165) is 10.5 Å². The second kappa shape index (κ2) is 10.6. The summed E-state index contributed by atoms with van der Waals surface area (Å²) in [4.78, 5) is 14.2. The van der Waals surface area contributed by atoms with Crippen molar-refractivity contribution in [1.29, 1.82) is 5.41 Å². The van der Waals surface area contributed by atoms with E-state index in [0.29, 0.717) is 37.9 Å². The molecule has 1 amide bonds. The molecule has 1 saturated heterocycles. The van der Waals surface area contributed by atoms with Crippen molar-refractivity contribution < 1.29 is 35.9 Å². The molecule has 6 nitrogen and oxygen atoms in total. The Bertz CT molecular complexity index is 997. The summed E-state index contributed by atoms with van der Waals surface area (Å²) < 4.78 is 85.2. The number of likely N-dealkylation sites (tertiary alicyclic amines) is 1. The summed E-state index contributed by atoms with van der Waals surface area (Å²) in [7, 11) is 0. The van der Waals surface area contributed by atoms with Crippen molar-refractivity contribution in [2.24, 2.45) is 5.73 Å². The van der Waals surface area contributed by atoms with Crippen LogP contribution in [0, 0.1) is 5.41 Å². The predicted octanol–water partition coefficient (Wildman–Crippen LogP) is 4.76. The number of nitrogens with one attached hydrogen (secondary N) is 1. The van der Waals surface area contributed by atoms with Crippen molar-refractivity contribution in [3.63, 3.8) is 0 Å². The van der Waals surface area contributed by atoms with Crippen molar-refractivity contribution in [3.8, 4) is 0 Å². The normalized spacial score (nSPS) is 19.4. The number of halogens is 6. The van der Waals surface area contributed by atoms with Gasteiger partial charge in [-0.3, -0.25) is 20.0 Å². The maximum Gasteiger partial charge on any atom is 0.416 e. The fourth-order valence-corrected chi connectivity index (χ4v) is 4.10. The number of hydrogen-bond donors (Lipinski definition) is 2. The second-order valence-corrected chi connectivity index (χ2v) is 8.18. The number of nitrogens with zero attached hydrogens (tertiary/aromatic N) is 2. The van der Waals surface area contributed by atoms with Gasteiger partial charge in [-0.25, -0.2) is 0 Å². The van der Waals surface area contributed by atoms with E-state index in [2.05, 4.69) is 0 Å². The highest BCUT2D eigenvalue weighted by atomic mass is 19.4. The molecule has 2 aromatic rings. The number of piperidine rings is 1. The maximum atomic E-state index is 13.2. The minimum absolute atomic E-state index is 0.0277. The molecule has 0 bridgehead atoms. The number of guanidine groups is 1. The first-order chi connectivity index (χ1) is 16.4. The van der Waals surface area contributed by atoms with Crippen LogP contribution in [-0.2, 0) is 28.5 Å². The van der Waals surface area contributed by atoms with E-state index in [1.54, 1.807) is 18.2 Å². The SMILES string of the molecule is N=C(N)N(C=O)CN1CCC[C@H](OCc2cc(C(F)(F)F)cc(C(F)(F)F)c2)[C@@H]1c1ccccc1. The van der Waals surface area contributed by atoms with Crippen LogP contribution in [0.2, 0.25) is 0 Å². The summed E-state index contributed by atoms with van der Waals surface area (Å²) in [6, 6.07) is 9.88. The third-order valence-electron chi connectivity index (χ3n) is 5.70. The van der Waals surface area contributed by atoms with Gasteiger partial charge >= 0.3 is 12.4 Å². The number of carbonyl (C=O) groups excluding carboxylic acids is 1. The third-order valence-corrected chi connectivity index (χ3v) is 5.70. The van der Waals surface area contributed by atoms with Crippen molar-refractivity contribution >= 4 is 12.4 Å². The van der Waals surface area contributed by atoms with Crippen LogP contribution >= 0.6 is 0 Å². The van der Waals surface area contributed by atoms with Crippen LogP contribution in [0.5, 0.6) is 0 Å². The molecule has 0 aromatic heterocycles. The highest BCUT2D eigenvalue weighted by molar-refractivity contribution is 5.84. The van der Waals surface area contributed by atoms with E-state index in [1.807, 2.05) is 17.0 Å². The maximum absolute atomic E-state index is 13.2. The van der Waals surface area contributed by atoms with Gasteiger partial charge < -0.3 is 10.5 Å². The molecule has 1 fully saturated rings. The average molecular weight is 502 g/mol. The van der Waals surface area contributed by atoms with E-state index < -0.39 is 48.2 Å². The average Bonchev–Trinajstić information content (AvgIpc) is 2.80. The van der Waals surface area contributed by atoms with Crippen LogP contribution in [0.4, 0.5) is 26.3 Å². The largest absolute Gasteiger partial charge is 0.416 e. The Labute approximate surface area is 197 Å². The number of carbonyl (C=O) groups is 1. The Kier molecular flexibility index (Phi) is 8.06. The summed E-state index contributed by atoms with van der Waals surface area (Å²) >= 11 is 0. The summed E-state index contributed by atoms with van der Waals surface area (Å²) in [5.41, 5.74) is 3.17. The summed E-state index contributed by atoms with van der Waals surface area (Å²) in [5.74, 6) is -0.460. The number of ether oxygens (including phenoxy) is 1. The van der Waals surface area contributed by atoms with Crippen molar-refractivity contribution in [2.75, 3.05) is 13.2 Å². The van der Waals surface area contributed by atoms with Crippen molar-refractivity contribution in [1.82, 2.24) is 9.80 Å². The second-order valence-electron chi connectivity index (χ2n) is 8.18. The monoisotopic (exact) mass is 502 g/mol. The highest BCUT2D eigenvalue weighted by Gasteiger charge is 2.38. The van der Waals surface area contributed by atoms with E-state index in [9.17, 15) is 31.1 Å². The molecule has 35 heavy (non-hydrogen) atoms. The topological polar surface area (TPSA) is 82.7 Å². The third kappa shape index (κ3) is 6.73. The zero-order chi connectivity index (χ0) is 25.8. The fourth-order valence-electron chi connectivity index (χ4n) is 4.10. The molecule has 2 aromatic carbocycles. The quantitative estimate of drug-likeness (QED) is 0.248. The van der Waals surface area contributed by atoms with Crippen molar-refractivity contribution in [2.45, 2.75) is 43.9 Å². The minimum atomic E-state index is -4.95. The molecule has 0 aliphatic carbocycles. The standard InChI is InChI=1S/C23H24F6N4O2/c24-22(25,26)17-9-15(10-18(11-17)23(27,28)29)12-35-19-7-4-8-32(13-33(14-34)21(30)31)20(19)16-5-2-1-3-6-16/h1-3,5-6,9-11,14,19-20H,4,7-8,12-13H2,(H3,30,31)/t19-,20-/m0/s1. The Morgan fingerprint density at radius 1 is 1.09 bits per heavy atom. The van der Waals surface area contributed by atoms with Gasteiger partial charge in [-0.2, -0.15) is 26.3 Å². The van der Waals surface area contributed by atoms with Gasteiger partial charge in [0, 0.05) is 6.54 Å². The minimum Gasteiger partial charge on any atom is -0.372 e. The number of amides is 1. The van der Waals surface area contributed by atoms with Crippen molar-refractivity contribution in [3.05, 3.63) is 70.8 Å². The molecule has 3 N–H and O–H groups in total. The van der Waals surface area contributed by atoms with E-state index in [-0.39, 0.29) is 18.3 Å². The molecule has 3 rings (SSSR count). The lowest BCUT2D eigenvalue weighted by molar-refractivity contribution is -0.143. The Morgan fingerprint density at radius 2 is 1.69 bits per heavy atom. The first-order valence-corrected chi connectivity index (χ1v) is 10.6. The van der Waals surface area contributed by atoms with Crippen LogP contribution < -0.4 is 5.73 Å². The Morgan fingerprint density at radius 3 is 2.20 bits per heavy atom. The highest BCUT2D eigenvalue weighted by Crippen LogP contribution is 2.38. The first-order valence-electron chi connectivity index (χ1n) is 10.6. The lowest BCUT2D eigenvalue weighted by atomic mass is 9.92. The Hall–Kier alpha value is -3.12. The van der Waals surface area contributed by atoms with Crippen LogP contribution in [0.25, 0.3) is 0 Å². The van der Waals surface area contributed by atoms with Gasteiger partial charge in [0.2, 0.25) is 6.41 Å². The fraction of sp³-hybridized carbons (Fsp3) is 0.391. The van der Waals surface area contributed by atoms with Gasteiger partial charge in [0.1, 0.15) is 0 Å². The van der Waals surface area contributed by atoms with Gasteiger partial charge in [0.25, 0.3) is 0 Å². The van der Waals surface area contributed by atoms with E-state index in [1.165, 1.54) is 0 Å². The van der Waals surface area contributed by atoms with Crippen LogP contribution in [0.15, 0.2) is 48.5 Å². The van der Waals surface area contributed by atoms with Gasteiger partial charge in [-0.1, -0.05) is 30.3 Å². The molecule has 0 unspecified atom stereocenters. The summed E-state index contributed by atoms with van der Waals surface area (Å²) in [5, 5.41) is 7.56. The number of benzene rings is 2. The number of nitrogens with two attached hydrogens (primary N) is 1. The first kappa shape index (κ1) is 26.5.